The summed E-state index contributed by atoms with van der Waals surface area (Å²) in [5.41, 5.74) is 0. The standard InChI is InChI=1S/C17H17Cl2NO3/c18-13-5-2-6-14(16(13)19)22-10-12-7-8-15(23-12)17(21)20-9-11-3-1-4-11/h2,5-8,11H,1,3-4,9-10H2,(H,20,21). The van der Waals surface area contributed by atoms with Gasteiger partial charge in [-0.1, -0.05) is 35.7 Å². The molecule has 0 unspecified atom stereocenters. The number of carbonyl (C=O) groups excluding carboxylic acids is 1. The molecular formula is C17H17Cl2NO3. The third-order valence-corrected chi connectivity index (χ3v) is 4.75. The highest BCUT2D eigenvalue weighted by Crippen LogP contribution is 2.32. The van der Waals surface area contributed by atoms with Crippen LogP contribution in [0.2, 0.25) is 10.0 Å². The van der Waals surface area contributed by atoms with E-state index >= 15 is 0 Å². The Hall–Kier alpha value is -1.65. The van der Waals surface area contributed by atoms with Gasteiger partial charge < -0.3 is 14.5 Å². The van der Waals surface area contributed by atoms with Gasteiger partial charge in [0.05, 0.1) is 5.02 Å². The summed E-state index contributed by atoms with van der Waals surface area (Å²) < 4.78 is 11.1. The smallest absolute Gasteiger partial charge is 0.287 e. The van der Waals surface area contributed by atoms with Crippen molar-refractivity contribution in [3.05, 3.63) is 51.9 Å². The molecule has 1 aromatic carbocycles. The van der Waals surface area contributed by atoms with Gasteiger partial charge in [0.1, 0.15) is 23.1 Å². The number of ether oxygens (including phenoxy) is 1. The quantitative estimate of drug-likeness (QED) is 0.818. The zero-order valence-electron chi connectivity index (χ0n) is 12.5. The van der Waals surface area contributed by atoms with Crippen molar-refractivity contribution in [2.24, 2.45) is 5.92 Å². The van der Waals surface area contributed by atoms with Crippen molar-refractivity contribution >= 4 is 29.1 Å². The third kappa shape index (κ3) is 4.01. The van der Waals surface area contributed by atoms with Crippen LogP contribution in [0.15, 0.2) is 34.7 Å². The molecule has 0 atom stereocenters. The summed E-state index contributed by atoms with van der Waals surface area (Å²) in [6.45, 7) is 0.888. The van der Waals surface area contributed by atoms with Gasteiger partial charge in [0.25, 0.3) is 5.91 Å². The molecule has 0 saturated heterocycles. The van der Waals surface area contributed by atoms with Crippen molar-refractivity contribution in [2.45, 2.75) is 25.9 Å². The van der Waals surface area contributed by atoms with Crippen LogP contribution in [0.5, 0.6) is 5.75 Å². The Morgan fingerprint density at radius 3 is 2.83 bits per heavy atom. The Kier molecular flexibility index (Phi) is 5.13. The molecule has 0 aliphatic heterocycles. The van der Waals surface area contributed by atoms with E-state index in [4.69, 9.17) is 32.4 Å². The van der Waals surface area contributed by atoms with E-state index in [0.717, 1.165) is 0 Å². The molecule has 0 spiro atoms. The zero-order chi connectivity index (χ0) is 16.2. The van der Waals surface area contributed by atoms with Gasteiger partial charge in [-0.05, 0) is 43.0 Å². The first-order valence-corrected chi connectivity index (χ1v) is 8.33. The molecule has 2 aromatic rings. The summed E-state index contributed by atoms with van der Waals surface area (Å²) in [6.07, 6.45) is 3.64. The molecule has 1 saturated carbocycles. The van der Waals surface area contributed by atoms with E-state index in [9.17, 15) is 4.79 Å². The van der Waals surface area contributed by atoms with Crippen LogP contribution in [0.3, 0.4) is 0 Å². The largest absolute Gasteiger partial charge is 0.484 e. The van der Waals surface area contributed by atoms with E-state index in [-0.39, 0.29) is 12.5 Å². The van der Waals surface area contributed by atoms with Gasteiger partial charge in [-0.25, -0.2) is 0 Å². The Bertz CT molecular complexity index is 695. The maximum absolute atomic E-state index is 12.0. The maximum atomic E-state index is 12.0. The molecule has 6 heteroatoms. The van der Waals surface area contributed by atoms with Gasteiger partial charge in [-0.2, -0.15) is 0 Å². The minimum absolute atomic E-state index is 0.177. The number of furan rings is 1. The van der Waals surface area contributed by atoms with Gasteiger partial charge in [0, 0.05) is 6.54 Å². The number of hydrogen-bond donors (Lipinski definition) is 1. The third-order valence-electron chi connectivity index (χ3n) is 3.95. The van der Waals surface area contributed by atoms with Crippen molar-refractivity contribution in [2.75, 3.05) is 6.54 Å². The second-order valence-electron chi connectivity index (χ2n) is 5.61. The highest BCUT2D eigenvalue weighted by molar-refractivity contribution is 6.42. The van der Waals surface area contributed by atoms with Gasteiger partial charge in [-0.3, -0.25) is 4.79 Å². The van der Waals surface area contributed by atoms with E-state index in [1.54, 1.807) is 30.3 Å². The van der Waals surface area contributed by atoms with E-state index in [1.165, 1.54) is 19.3 Å². The van der Waals surface area contributed by atoms with Crippen LogP contribution in [-0.4, -0.2) is 12.5 Å². The van der Waals surface area contributed by atoms with Crippen molar-refractivity contribution in [3.63, 3.8) is 0 Å². The lowest BCUT2D eigenvalue weighted by molar-refractivity contribution is 0.0907. The summed E-state index contributed by atoms with van der Waals surface area (Å²) in [4.78, 5) is 12.0. The molecule has 1 heterocycles. The van der Waals surface area contributed by atoms with Crippen LogP contribution in [-0.2, 0) is 6.61 Å². The molecule has 1 amide bonds. The second-order valence-corrected chi connectivity index (χ2v) is 6.40. The topological polar surface area (TPSA) is 51.5 Å². The molecule has 1 N–H and O–H groups in total. The summed E-state index contributed by atoms with van der Waals surface area (Å²) in [7, 11) is 0. The average molecular weight is 354 g/mol. The van der Waals surface area contributed by atoms with Crippen LogP contribution in [0, 0.1) is 5.92 Å². The van der Waals surface area contributed by atoms with E-state index in [0.29, 0.717) is 39.8 Å². The van der Waals surface area contributed by atoms with Gasteiger partial charge in [0.15, 0.2) is 5.76 Å². The molecule has 4 nitrogen and oxygen atoms in total. The monoisotopic (exact) mass is 353 g/mol. The average Bonchev–Trinajstić information content (AvgIpc) is 2.96. The summed E-state index contributed by atoms with van der Waals surface area (Å²) in [6, 6.07) is 8.54. The Morgan fingerprint density at radius 1 is 1.26 bits per heavy atom. The summed E-state index contributed by atoms with van der Waals surface area (Å²) >= 11 is 12.0. The van der Waals surface area contributed by atoms with Gasteiger partial charge >= 0.3 is 0 Å². The lowest BCUT2D eigenvalue weighted by atomic mass is 9.85. The lowest BCUT2D eigenvalue weighted by Crippen LogP contribution is -2.31. The minimum atomic E-state index is -0.191. The number of nitrogens with one attached hydrogen (secondary N) is 1. The SMILES string of the molecule is O=C(NCC1CCC1)c1ccc(COc2cccc(Cl)c2Cl)o1. The summed E-state index contributed by atoms with van der Waals surface area (Å²) in [5, 5.41) is 3.68. The first kappa shape index (κ1) is 16.2. The first-order chi connectivity index (χ1) is 11.1. The number of hydrogen-bond acceptors (Lipinski definition) is 3. The van der Waals surface area contributed by atoms with Crippen molar-refractivity contribution in [1.82, 2.24) is 5.32 Å². The molecule has 3 rings (SSSR count). The van der Waals surface area contributed by atoms with Crippen LogP contribution in [0.4, 0.5) is 0 Å². The number of rotatable bonds is 6. The van der Waals surface area contributed by atoms with E-state index < -0.39 is 0 Å². The van der Waals surface area contributed by atoms with Gasteiger partial charge in [-0.15, -0.1) is 0 Å². The van der Waals surface area contributed by atoms with Crippen molar-refractivity contribution in [3.8, 4) is 5.75 Å². The highest BCUT2D eigenvalue weighted by atomic mass is 35.5. The maximum Gasteiger partial charge on any atom is 0.287 e. The van der Waals surface area contributed by atoms with Gasteiger partial charge in [0.2, 0.25) is 0 Å². The molecule has 1 aliphatic carbocycles. The minimum Gasteiger partial charge on any atom is -0.484 e. The predicted octanol–water partition coefficient (Wildman–Crippen LogP) is 4.70. The van der Waals surface area contributed by atoms with Crippen LogP contribution in [0.1, 0.15) is 35.6 Å². The Labute approximate surface area is 144 Å². The van der Waals surface area contributed by atoms with Crippen LogP contribution in [0.25, 0.3) is 0 Å². The molecule has 0 bridgehead atoms. The fraction of sp³-hybridized carbons (Fsp3) is 0.353. The lowest BCUT2D eigenvalue weighted by Gasteiger charge is -2.25. The highest BCUT2D eigenvalue weighted by Gasteiger charge is 2.19. The van der Waals surface area contributed by atoms with Crippen LogP contribution < -0.4 is 10.1 Å². The molecule has 23 heavy (non-hydrogen) atoms. The zero-order valence-corrected chi connectivity index (χ0v) is 14.0. The molecule has 1 fully saturated rings. The normalized spacial score (nSPS) is 14.3. The number of halogens is 2. The molecular weight excluding hydrogens is 337 g/mol. The van der Waals surface area contributed by atoms with Crippen LogP contribution >= 0.6 is 23.2 Å². The van der Waals surface area contributed by atoms with E-state index in [1.807, 2.05) is 0 Å². The van der Waals surface area contributed by atoms with Crippen molar-refractivity contribution in [1.29, 1.82) is 0 Å². The summed E-state index contributed by atoms with van der Waals surface area (Å²) in [5.74, 6) is 1.74. The predicted molar refractivity (Wildman–Crippen MR) is 89.2 cm³/mol. The fourth-order valence-corrected chi connectivity index (χ4v) is 2.69. The Morgan fingerprint density at radius 2 is 2.09 bits per heavy atom. The number of amides is 1. The first-order valence-electron chi connectivity index (χ1n) is 7.57. The van der Waals surface area contributed by atoms with E-state index in [2.05, 4.69) is 5.32 Å². The molecule has 1 aliphatic rings. The number of benzene rings is 1. The number of carbonyl (C=O) groups is 1. The van der Waals surface area contributed by atoms with Crippen molar-refractivity contribution < 1.29 is 13.9 Å². The molecule has 122 valence electrons. The second kappa shape index (κ2) is 7.28. The molecule has 0 radical (unpaired) electrons. The Balaban J connectivity index is 1.54. The fourth-order valence-electron chi connectivity index (χ4n) is 2.34. The molecule has 1 aromatic heterocycles.